The van der Waals surface area contributed by atoms with Gasteiger partial charge in [-0.25, -0.2) is 12.4 Å². The highest BCUT2D eigenvalue weighted by atomic mass is 32.2. The molecule has 4 aromatic rings. The van der Waals surface area contributed by atoms with Gasteiger partial charge in [0, 0.05) is 11.6 Å². The van der Waals surface area contributed by atoms with Crippen LogP contribution in [-0.2, 0) is 10.0 Å². The minimum absolute atomic E-state index is 0.0742. The third-order valence-corrected chi connectivity index (χ3v) is 5.72. The summed E-state index contributed by atoms with van der Waals surface area (Å²) in [6, 6.07) is 20.2. The molecule has 0 aliphatic carbocycles. The summed E-state index contributed by atoms with van der Waals surface area (Å²) in [5.41, 5.74) is 1.08. The number of rotatable bonds is 3. The first kappa shape index (κ1) is 15.4. The van der Waals surface area contributed by atoms with Crippen LogP contribution < -0.4 is 0 Å². The van der Waals surface area contributed by atoms with Crippen LogP contribution in [0, 0.1) is 0 Å². The summed E-state index contributed by atoms with van der Waals surface area (Å²) in [7, 11) is -3.85. The summed E-state index contributed by atoms with van der Waals surface area (Å²) in [4.78, 5) is 4.35. The molecule has 4 rings (SSSR count). The van der Waals surface area contributed by atoms with Crippen molar-refractivity contribution in [1.29, 1.82) is 0 Å². The van der Waals surface area contributed by atoms with Gasteiger partial charge in [0.05, 0.1) is 16.1 Å². The fourth-order valence-corrected chi connectivity index (χ4v) is 4.38. The number of benzene rings is 2. The molecule has 0 spiro atoms. The smallest absolute Gasteiger partial charge is 0.268 e. The Labute approximate surface area is 144 Å². The van der Waals surface area contributed by atoms with Crippen molar-refractivity contribution in [3.63, 3.8) is 0 Å². The van der Waals surface area contributed by atoms with Gasteiger partial charge in [-0.2, -0.15) is 0 Å². The predicted molar refractivity (Wildman–Crippen MR) is 95.9 cm³/mol. The third kappa shape index (κ3) is 2.47. The highest BCUT2D eigenvalue weighted by Crippen LogP contribution is 2.34. The summed E-state index contributed by atoms with van der Waals surface area (Å²) in [6.45, 7) is 0. The van der Waals surface area contributed by atoms with Crippen molar-refractivity contribution >= 4 is 20.9 Å². The van der Waals surface area contributed by atoms with Crippen molar-refractivity contribution in [2.45, 2.75) is 4.90 Å². The Morgan fingerprint density at radius 1 is 0.880 bits per heavy atom. The number of hydrogen-bond donors (Lipinski definition) is 1. The molecule has 0 saturated heterocycles. The Balaban J connectivity index is 2.10. The molecule has 0 aliphatic heterocycles. The van der Waals surface area contributed by atoms with Crippen LogP contribution in [0.1, 0.15) is 0 Å². The lowest BCUT2D eigenvalue weighted by atomic mass is 10.2. The molecule has 0 aliphatic rings. The van der Waals surface area contributed by atoms with Gasteiger partial charge in [-0.1, -0.05) is 36.4 Å². The molecule has 0 radical (unpaired) electrons. The minimum Gasteiger partial charge on any atom is -0.506 e. The molecule has 5 nitrogen and oxygen atoms in total. The van der Waals surface area contributed by atoms with Crippen molar-refractivity contribution < 1.29 is 13.5 Å². The summed E-state index contributed by atoms with van der Waals surface area (Å²) >= 11 is 0. The van der Waals surface area contributed by atoms with Gasteiger partial charge in [-0.05, 0) is 36.4 Å². The monoisotopic (exact) mass is 350 g/mol. The molecule has 2 aromatic heterocycles. The molecule has 0 saturated carbocycles. The van der Waals surface area contributed by atoms with Gasteiger partial charge in [-0.3, -0.25) is 4.98 Å². The van der Waals surface area contributed by atoms with Gasteiger partial charge in [0.25, 0.3) is 10.0 Å². The molecule has 124 valence electrons. The second-order valence-corrected chi connectivity index (χ2v) is 7.33. The molecule has 2 aromatic carbocycles. The fourth-order valence-electron chi connectivity index (χ4n) is 2.85. The van der Waals surface area contributed by atoms with Crippen LogP contribution in [0.4, 0.5) is 0 Å². The average Bonchev–Trinajstić information content (AvgIpc) is 3.03. The van der Waals surface area contributed by atoms with E-state index in [-0.39, 0.29) is 16.3 Å². The Morgan fingerprint density at radius 2 is 1.60 bits per heavy atom. The highest BCUT2D eigenvalue weighted by molar-refractivity contribution is 7.90. The van der Waals surface area contributed by atoms with E-state index in [0.29, 0.717) is 11.2 Å². The molecule has 1 N–H and O–H groups in total. The Morgan fingerprint density at radius 3 is 2.36 bits per heavy atom. The largest absolute Gasteiger partial charge is 0.506 e. The van der Waals surface area contributed by atoms with Crippen molar-refractivity contribution in [3.05, 3.63) is 79.0 Å². The number of fused-ring (bicyclic) bond motifs is 1. The van der Waals surface area contributed by atoms with E-state index in [2.05, 4.69) is 4.98 Å². The molecule has 0 amide bonds. The first-order valence-corrected chi connectivity index (χ1v) is 9.08. The Bertz CT molecular complexity index is 1170. The quantitative estimate of drug-likeness (QED) is 0.612. The zero-order valence-electron chi connectivity index (χ0n) is 13.1. The summed E-state index contributed by atoms with van der Waals surface area (Å²) in [6.07, 6.45) is 1.52. The molecule has 25 heavy (non-hydrogen) atoms. The van der Waals surface area contributed by atoms with E-state index in [9.17, 15) is 13.5 Å². The summed E-state index contributed by atoms with van der Waals surface area (Å²) < 4.78 is 27.8. The molecule has 0 atom stereocenters. The lowest BCUT2D eigenvalue weighted by molar-refractivity contribution is 0.475. The maximum Gasteiger partial charge on any atom is 0.268 e. The standard InChI is InChI=1S/C19H14N2O3S/c22-18-11-6-12-20-19(18)17-13-14-7-4-5-10-16(14)21(17)25(23,24)15-8-2-1-3-9-15/h1-13,22H. The van der Waals surface area contributed by atoms with E-state index in [1.165, 1.54) is 16.2 Å². The van der Waals surface area contributed by atoms with Gasteiger partial charge in [0.2, 0.25) is 0 Å². The first-order chi connectivity index (χ1) is 12.1. The van der Waals surface area contributed by atoms with Crippen molar-refractivity contribution in [1.82, 2.24) is 8.96 Å². The molecular weight excluding hydrogens is 336 g/mol. The van der Waals surface area contributed by atoms with Crippen LogP contribution in [0.25, 0.3) is 22.3 Å². The minimum atomic E-state index is -3.85. The average molecular weight is 350 g/mol. The third-order valence-electron chi connectivity index (χ3n) is 3.98. The van der Waals surface area contributed by atoms with Crippen LogP contribution in [0.15, 0.2) is 83.9 Å². The topological polar surface area (TPSA) is 72.2 Å². The Hall–Kier alpha value is -3.12. The number of aromatic hydroxyl groups is 1. The van der Waals surface area contributed by atoms with Crippen LogP contribution in [0.2, 0.25) is 0 Å². The zero-order valence-corrected chi connectivity index (χ0v) is 13.9. The van der Waals surface area contributed by atoms with Crippen molar-refractivity contribution in [3.8, 4) is 17.1 Å². The van der Waals surface area contributed by atoms with Crippen molar-refractivity contribution in [2.24, 2.45) is 0 Å². The maximum absolute atomic E-state index is 13.3. The zero-order chi connectivity index (χ0) is 17.4. The number of aromatic nitrogens is 2. The van der Waals surface area contributed by atoms with E-state index >= 15 is 0 Å². The predicted octanol–water partition coefficient (Wildman–Crippen LogP) is 3.65. The number of para-hydroxylation sites is 1. The first-order valence-electron chi connectivity index (χ1n) is 7.64. The Kier molecular flexibility index (Phi) is 3.54. The molecule has 0 unspecified atom stereocenters. The number of nitrogens with zero attached hydrogens (tertiary/aromatic N) is 2. The summed E-state index contributed by atoms with van der Waals surface area (Å²) in [5, 5.41) is 10.9. The highest BCUT2D eigenvalue weighted by Gasteiger charge is 2.25. The number of pyridine rings is 1. The lowest BCUT2D eigenvalue weighted by Crippen LogP contribution is -2.14. The number of hydrogen-bond acceptors (Lipinski definition) is 4. The SMILES string of the molecule is O=S(=O)(c1ccccc1)n1c(-c2ncccc2O)cc2ccccc21. The van der Waals surface area contributed by atoms with Gasteiger partial charge in [0.15, 0.2) is 0 Å². The van der Waals surface area contributed by atoms with Crippen LogP contribution in [0.3, 0.4) is 0 Å². The van der Waals surface area contributed by atoms with Gasteiger partial charge in [-0.15, -0.1) is 0 Å². The summed E-state index contributed by atoms with van der Waals surface area (Å²) in [5.74, 6) is -0.0742. The van der Waals surface area contributed by atoms with Crippen LogP contribution in [-0.4, -0.2) is 22.5 Å². The van der Waals surface area contributed by atoms with Gasteiger partial charge >= 0.3 is 0 Å². The molecule has 6 heteroatoms. The van der Waals surface area contributed by atoms with Gasteiger partial charge < -0.3 is 5.11 Å². The molecular formula is C19H14N2O3S. The molecule has 0 fully saturated rings. The second kappa shape index (κ2) is 5.75. The van der Waals surface area contributed by atoms with E-state index in [4.69, 9.17) is 0 Å². The lowest BCUT2D eigenvalue weighted by Gasteiger charge is -2.12. The van der Waals surface area contributed by atoms with E-state index in [0.717, 1.165) is 5.39 Å². The van der Waals surface area contributed by atoms with E-state index in [1.807, 2.05) is 12.1 Å². The second-order valence-electron chi connectivity index (χ2n) is 5.54. The molecule has 2 heterocycles. The van der Waals surface area contributed by atoms with Crippen LogP contribution in [0.5, 0.6) is 5.75 Å². The fraction of sp³-hybridized carbons (Fsp3) is 0. The molecule has 0 bridgehead atoms. The van der Waals surface area contributed by atoms with E-state index < -0.39 is 10.0 Å². The van der Waals surface area contributed by atoms with Crippen LogP contribution >= 0.6 is 0 Å². The van der Waals surface area contributed by atoms with Gasteiger partial charge in [0.1, 0.15) is 11.4 Å². The normalized spacial score (nSPS) is 11.7. The van der Waals surface area contributed by atoms with Crippen molar-refractivity contribution in [2.75, 3.05) is 0 Å². The van der Waals surface area contributed by atoms with E-state index in [1.54, 1.807) is 54.6 Å². The maximum atomic E-state index is 13.3.